The molecule has 3 nitrogen and oxygen atoms in total. The topological polar surface area (TPSA) is 36.4 Å². The molecular weight excluding hydrogens is 221 g/mol. The first-order valence-electron chi connectivity index (χ1n) is 4.79. The maximum Gasteiger partial charge on any atom is 0.419 e. The number of rotatable bonds is 1. The molecular formula is C10H11F3N2O. The SMILES string of the molecule is CC1(O)CN(c2ncccc2C(F)(F)F)C1. The number of β-amino-alcohol motifs (C(OH)–C–C–N with tert-alkyl or cyclic N) is 1. The largest absolute Gasteiger partial charge is 0.419 e. The van der Waals surface area contributed by atoms with Crippen LogP contribution in [0.3, 0.4) is 0 Å². The van der Waals surface area contributed by atoms with Crippen molar-refractivity contribution in [1.29, 1.82) is 0 Å². The molecule has 0 atom stereocenters. The molecule has 0 aliphatic carbocycles. The van der Waals surface area contributed by atoms with Gasteiger partial charge in [-0.25, -0.2) is 4.98 Å². The quantitative estimate of drug-likeness (QED) is 0.800. The predicted molar refractivity (Wildman–Crippen MR) is 52.1 cm³/mol. The van der Waals surface area contributed by atoms with Crippen molar-refractivity contribution < 1.29 is 18.3 Å². The average molecular weight is 232 g/mol. The first-order valence-corrected chi connectivity index (χ1v) is 4.79. The smallest absolute Gasteiger partial charge is 0.386 e. The molecule has 6 heteroatoms. The summed E-state index contributed by atoms with van der Waals surface area (Å²) >= 11 is 0. The summed E-state index contributed by atoms with van der Waals surface area (Å²) in [5.74, 6) is -0.110. The Morgan fingerprint density at radius 2 is 2.06 bits per heavy atom. The Labute approximate surface area is 90.5 Å². The van der Waals surface area contributed by atoms with Crippen LogP contribution in [0.1, 0.15) is 12.5 Å². The highest BCUT2D eigenvalue weighted by Crippen LogP contribution is 2.37. The van der Waals surface area contributed by atoms with Crippen LogP contribution in [0.25, 0.3) is 0 Å². The van der Waals surface area contributed by atoms with Gasteiger partial charge < -0.3 is 10.0 Å². The highest BCUT2D eigenvalue weighted by molar-refractivity contribution is 5.51. The number of hydrogen-bond acceptors (Lipinski definition) is 3. The van der Waals surface area contributed by atoms with E-state index in [1.54, 1.807) is 6.92 Å². The molecule has 1 aromatic rings. The van der Waals surface area contributed by atoms with Crippen molar-refractivity contribution in [3.63, 3.8) is 0 Å². The van der Waals surface area contributed by atoms with Gasteiger partial charge in [0.2, 0.25) is 0 Å². The van der Waals surface area contributed by atoms with Gasteiger partial charge in [0, 0.05) is 19.3 Å². The van der Waals surface area contributed by atoms with Crippen LogP contribution in [0.5, 0.6) is 0 Å². The van der Waals surface area contributed by atoms with Crippen LogP contribution in [0.2, 0.25) is 0 Å². The molecule has 0 bridgehead atoms. The molecule has 0 saturated carbocycles. The van der Waals surface area contributed by atoms with Crippen molar-refractivity contribution in [2.24, 2.45) is 0 Å². The summed E-state index contributed by atoms with van der Waals surface area (Å²) in [7, 11) is 0. The van der Waals surface area contributed by atoms with E-state index in [1.807, 2.05) is 0 Å². The molecule has 0 aromatic carbocycles. The second-order valence-electron chi connectivity index (χ2n) is 4.23. The van der Waals surface area contributed by atoms with Gasteiger partial charge in [-0.05, 0) is 19.1 Å². The maximum absolute atomic E-state index is 12.6. The van der Waals surface area contributed by atoms with Crippen LogP contribution in [-0.2, 0) is 6.18 Å². The number of nitrogens with zero attached hydrogens (tertiary/aromatic N) is 2. The molecule has 88 valence electrons. The van der Waals surface area contributed by atoms with Gasteiger partial charge in [0.1, 0.15) is 5.82 Å². The predicted octanol–water partition coefficient (Wildman–Crippen LogP) is 1.67. The third-order valence-electron chi connectivity index (χ3n) is 2.45. The average Bonchev–Trinajstić information content (AvgIpc) is 2.12. The highest BCUT2D eigenvalue weighted by Gasteiger charge is 2.42. The van der Waals surface area contributed by atoms with Crippen LogP contribution in [0.15, 0.2) is 18.3 Å². The first kappa shape index (κ1) is 11.2. The van der Waals surface area contributed by atoms with Gasteiger partial charge in [0.15, 0.2) is 0 Å². The minimum atomic E-state index is -4.41. The number of pyridine rings is 1. The van der Waals surface area contributed by atoms with E-state index >= 15 is 0 Å². The molecule has 1 saturated heterocycles. The van der Waals surface area contributed by atoms with Gasteiger partial charge in [0.05, 0.1) is 11.2 Å². The van der Waals surface area contributed by atoms with Crippen molar-refractivity contribution >= 4 is 5.82 Å². The Balaban J connectivity index is 2.29. The fraction of sp³-hybridized carbons (Fsp3) is 0.500. The third-order valence-corrected chi connectivity index (χ3v) is 2.45. The van der Waals surface area contributed by atoms with E-state index in [-0.39, 0.29) is 18.9 Å². The Morgan fingerprint density at radius 1 is 1.44 bits per heavy atom. The van der Waals surface area contributed by atoms with Gasteiger partial charge in [-0.2, -0.15) is 13.2 Å². The molecule has 0 radical (unpaired) electrons. The standard InChI is InChI=1S/C10H11F3N2O/c1-9(16)5-15(6-9)8-7(10(11,12)13)3-2-4-14-8/h2-4,16H,5-6H2,1H3. The van der Waals surface area contributed by atoms with E-state index in [0.717, 1.165) is 6.07 Å². The number of aliphatic hydroxyl groups is 1. The summed E-state index contributed by atoms with van der Waals surface area (Å²) in [4.78, 5) is 5.15. The van der Waals surface area contributed by atoms with Crippen LogP contribution in [-0.4, -0.2) is 28.8 Å². The fourth-order valence-corrected chi connectivity index (χ4v) is 1.80. The maximum atomic E-state index is 12.6. The summed E-state index contributed by atoms with van der Waals surface area (Å²) in [6.45, 7) is 1.93. The lowest BCUT2D eigenvalue weighted by Gasteiger charge is -2.45. The van der Waals surface area contributed by atoms with Crippen molar-refractivity contribution in [3.05, 3.63) is 23.9 Å². The first-order chi connectivity index (χ1) is 7.30. The van der Waals surface area contributed by atoms with E-state index < -0.39 is 17.3 Å². The van der Waals surface area contributed by atoms with Crippen molar-refractivity contribution in [2.45, 2.75) is 18.7 Å². The third kappa shape index (κ3) is 1.97. The van der Waals surface area contributed by atoms with E-state index in [0.29, 0.717) is 0 Å². The van der Waals surface area contributed by atoms with Crippen LogP contribution in [0, 0.1) is 0 Å². The van der Waals surface area contributed by atoms with Gasteiger partial charge in [-0.3, -0.25) is 0 Å². The molecule has 16 heavy (non-hydrogen) atoms. The zero-order chi connectivity index (χ0) is 12.0. The van der Waals surface area contributed by atoms with E-state index in [1.165, 1.54) is 17.2 Å². The molecule has 1 fully saturated rings. The molecule has 0 unspecified atom stereocenters. The number of halogens is 3. The summed E-state index contributed by atoms with van der Waals surface area (Å²) < 4.78 is 37.9. The van der Waals surface area contributed by atoms with E-state index in [4.69, 9.17) is 0 Å². The molecule has 1 aliphatic rings. The molecule has 2 rings (SSSR count). The van der Waals surface area contributed by atoms with E-state index in [9.17, 15) is 18.3 Å². The Hall–Kier alpha value is -1.30. The van der Waals surface area contributed by atoms with Crippen LogP contribution >= 0.6 is 0 Å². The lowest BCUT2D eigenvalue weighted by molar-refractivity contribution is -0.137. The minimum absolute atomic E-state index is 0.110. The normalized spacial score (nSPS) is 19.4. The monoisotopic (exact) mass is 232 g/mol. The second-order valence-corrected chi connectivity index (χ2v) is 4.23. The molecule has 1 aromatic heterocycles. The second kappa shape index (κ2) is 3.35. The summed E-state index contributed by atoms with van der Waals surface area (Å²) in [5.41, 5.74) is -1.68. The summed E-state index contributed by atoms with van der Waals surface area (Å²) in [5, 5.41) is 9.49. The van der Waals surface area contributed by atoms with Crippen LogP contribution < -0.4 is 4.90 Å². The van der Waals surface area contributed by atoms with Gasteiger partial charge >= 0.3 is 6.18 Å². The molecule has 1 N–H and O–H groups in total. The number of alkyl halides is 3. The molecule has 0 spiro atoms. The number of aromatic nitrogens is 1. The zero-order valence-electron chi connectivity index (χ0n) is 8.62. The lowest BCUT2D eigenvalue weighted by atomic mass is 9.96. The molecule has 1 aliphatic heterocycles. The van der Waals surface area contributed by atoms with Crippen LogP contribution in [0.4, 0.5) is 19.0 Å². The Morgan fingerprint density at radius 3 is 2.56 bits per heavy atom. The molecule has 0 amide bonds. The van der Waals surface area contributed by atoms with Crippen molar-refractivity contribution in [2.75, 3.05) is 18.0 Å². The van der Waals surface area contributed by atoms with Crippen molar-refractivity contribution in [3.8, 4) is 0 Å². The van der Waals surface area contributed by atoms with Crippen molar-refractivity contribution in [1.82, 2.24) is 4.98 Å². The zero-order valence-corrected chi connectivity index (χ0v) is 8.62. The van der Waals surface area contributed by atoms with E-state index in [2.05, 4.69) is 4.98 Å². The number of hydrogen-bond donors (Lipinski definition) is 1. The van der Waals surface area contributed by atoms with Gasteiger partial charge in [-0.1, -0.05) is 0 Å². The summed E-state index contributed by atoms with van der Waals surface area (Å²) in [6, 6.07) is 2.25. The Kier molecular flexibility index (Phi) is 2.34. The van der Waals surface area contributed by atoms with Gasteiger partial charge in [0.25, 0.3) is 0 Å². The number of anilines is 1. The highest BCUT2D eigenvalue weighted by atomic mass is 19.4. The molecule has 2 heterocycles. The van der Waals surface area contributed by atoms with Gasteiger partial charge in [-0.15, -0.1) is 0 Å². The Bertz CT molecular complexity index is 395. The summed E-state index contributed by atoms with van der Waals surface area (Å²) in [6.07, 6.45) is -3.09. The fourth-order valence-electron chi connectivity index (χ4n) is 1.80. The lowest BCUT2D eigenvalue weighted by Crippen LogP contribution is -2.60. The minimum Gasteiger partial charge on any atom is -0.386 e.